The number of nitrogens with zero attached hydrogens (tertiary/aromatic N) is 1. The van der Waals surface area contributed by atoms with Crippen molar-refractivity contribution in [1.82, 2.24) is 5.43 Å². The van der Waals surface area contributed by atoms with Gasteiger partial charge in [-0.3, -0.25) is 4.79 Å². The number of amides is 1. The first-order valence-corrected chi connectivity index (χ1v) is 10.8. The van der Waals surface area contributed by atoms with Gasteiger partial charge in [-0.05, 0) is 73.5 Å². The van der Waals surface area contributed by atoms with Crippen LogP contribution in [0.5, 0.6) is 17.2 Å². The molecule has 0 saturated carbocycles. The molecule has 1 N–H and O–H groups in total. The second kappa shape index (κ2) is 11.3. The van der Waals surface area contributed by atoms with Crippen LogP contribution < -0.4 is 19.6 Å². The van der Waals surface area contributed by atoms with Crippen LogP contribution in [-0.2, 0) is 4.79 Å². The largest absolute Gasteiger partial charge is 0.497 e. The number of halogens is 1. The Kier molecular flexibility index (Phi) is 8.21. The summed E-state index contributed by atoms with van der Waals surface area (Å²) in [6, 6.07) is 17.5. The molecule has 3 aromatic carbocycles. The number of hydrogen-bond donors (Lipinski definition) is 1. The fourth-order valence-corrected chi connectivity index (χ4v) is 3.19. The van der Waals surface area contributed by atoms with Crippen molar-refractivity contribution < 1.29 is 23.8 Å². The average molecular weight is 511 g/mol. The lowest BCUT2D eigenvalue weighted by molar-refractivity contribution is -0.123. The zero-order chi connectivity index (χ0) is 23.8. The van der Waals surface area contributed by atoms with Crippen LogP contribution in [0.1, 0.15) is 27.0 Å². The minimum Gasteiger partial charge on any atom is -0.497 e. The van der Waals surface area contributed by atoms with Gasteiger partial charge in [0.05, 0.1) is 18.9 Å². The number of esters is 1. The topological polar surface area (TPSA) is 86.2 Å². The standard InChI is InChI=1S/C25H23BrN2O5/c1-16-4-5-17(2)23(12-16)32-15-24(29)28-27-14-19-13-20(26)8-11-22(19)33-25(30)18-6-9-21(31-3)10-7-18/h4-14H,15H2,1-3H3,(H,28,29)/b27-14+. The monoisotopic (exact) mass is 510 g/mol. The van der Waals surface area contributed by atoms with Crippen LogP contribution in [0.2, 0.25) is 0 Å². The van der Waals surface area contributed by atoms with E-state index in [-0.39, 0.29) is 6.61 Å². The smallest absolute Gasteiger partial charge is 0.343 e. The second-order valence-electron chi connectivity index (χ2n) is 7.15. The van der Waals surface area contributed by atoms with Crippen molar-refractivity contribution >= 4 is 34.0 Å². The molecule has 0 spiro atoms. The van der Waals surface area contributed by atoms with Gasteiger partial charge in [0.1, 0.15) is 17.2 Å². The van der Waals surface area contributed by atoms with Gasteiger partial charge < -0.3 is 14.2 Å². The minimum absolute atomic E-state index is 0.181. The number of benzene rings is 3. The summed E-state index contributed by atoms with van der Waals surface area (Å²) in [6.45, 7) is 3.68. The molecule has 0 aliphatic carbocycles. The maximum Gasteiger partial charge on any atom is 0.343 e. The van der Waals surface area contributed by atoms with Crippen LogP contribution in [0.15, 0.2) is 70.2 Å². The molecular weight excluding hydrogens is 488 g/mol. The summed E-state index contributed by atoms with van der Waals surface area (Å²) in [6.07, 6.45) is 1.40. The molecule has 3 rings (SSSR count). The molecule has 0 fully saturated rings. The Morgan fingerprint density at radius 3 is 2.48 bits per heavy atom. The van der Waals surface area contributed by atoms with Crippen molar-refractivity contribution in [2.24, 2.45) is 5.10 Å². The summed E-state index contributed by atoms with van der Waals surface area (Å²) in [4.78, 5) is 24.6. The highest BCUT2D eigenvalue weighted by molar-refractivity contribution is 9.10. The predicted octanol–water partition coefficient (Wildman–Crippen LogP) is 4.82. The van der Waals surface area contributed by atoms with E-state index < -0.39 is 11.9 Å². The highest BCUT2D eigenvalue weighted by Crippen LogP contribution is 2.23. The third-order valence-corrected chi connectivity index (χ3v) is 5.09. The lowest BCUT2D eigenvalue weighted by atomic mass is 10.1. The Morgan fingerprint density at radius 1 is 1.00 bits per heavy atom. The normalized spacial score (nSPS) is 10.7. The molecule has 0 saturated heterocycles. The number of nitrogens with one attached hydrogen (secondary N) is 1. The van der Waals surface area contributed by atoms with E-state index in [0.717, 1.165) is 15.6 Å². The number of ether oxygens (including phenoxy) is 3. The molecule has 1 amide bonds. The zero-order valence-corrected chi connectivity index (χ0v) is 20.0. The Labute approximate surface area is 200 Å². The summed E-state index contributed by atoms with van der Waals surface area (Å²) in [7, 11) is 1.55. The van der Waals surface area contributed by atoms with Gasteiger partial charge in [-0.15, -0.1) is 0 Å². The van der Waals surface area contributed by atoms with Crippen molar-refractivity contribution in [2.45, 2.75) is 13.8 Å². The Bertz CT molecular complexity index is 1180. The fraction of sp³-hybridized carbons (Fsp3) is 0.160. The third kappa shape index (κ3) is 6.92. The summed E-state index contributed by atoms with van der Waals surface area (Å²) in [5, 5.41) is 3.97. The lowest BCUT2D eigenvalue weighted by Crippen LogP contribution is -2.24. The number of aryl methyl sites for hydroxylation is 2. The zero-order valence-electron chi connectivity index (χ0n) is 18.4. The van der Waals surface area contributed by atoms with E-state index in [9.17, 15) is 9.59 Å². The Balaban J connectivity index is 1.62. The van der Waals surface area contributed by atoms with E-state index >= 15 is 0 Å². The van der Waals surface area contributed by atoms with Crippen LogP contribution in [0.3, 0.4) is 0 Å². The quantitative estimate of drug-likeness (QED) is 0.203. The molecule has 0 aliphatic heterocycles. The predicted molar refractivity (Wildman–Crippen MR) is 129 cm³/mol. The summed E-state index contributed by atoms with van der Waals surface area (Å²) in [5.41, 5.74) is 5.27. The molecule has 0 atom stereocenters. The van der Waals surface area contributed by atoms with Gasteiger partial charge in [-0.2, -0.15) is 5.10 Å². The van der Waals surface area contributed by atoms with Crippen molar-refractivity contribution in [3.63, 3.8) is 0 Å². The van der Waals surface area contributed by atoms with E-state index in [1.807, 2.05) is 32.0 Å². The van der Waals surface area contributed by atoms with E-state index in [1.165, 1.54) is 6.21 Å². The number of methoxy groups -OCH3 is 1. The van der Waals surface area contributed by atoms with Crippen molar-refractivity contribution in [1.29, 1.82) is 0 Å². The summed E-state index contributed by atoms with van der Waals surface area (Å²) >= 11 is 3.38. The van der Waals surface area contributed by atoms with Crippen LogP contribution in [0.4, 0.5) is 0 Å². The highest BCUT2D eigenvalue weighted by Gasteiger charge is 2.12. The molecule has 0 heterocycles. The Morgan fingerprint density at radius 2 is 1.76 bits per heavy atom. The highest BCUT2D eigenvalue weighted by atomic mass is 79.9. The first-order valence-electron chi connectivity index (χ1n) is 10.0. The maximum atomic E-state index is 12.5. The van der Waals surface area contributed by atoms with E-state index in [4.69, 9.17) is 14.2 Å². The van der Waals surface area contributed by atoms with Crippen LogP contribution in [0.25, 0.3) is 0 Å². The minimum atomic E-state index is -0.527. The van der Waals surface area contributed by atoms with Crippen LogP contribution in [-0.4, -0.2) is 31.8 Å². The molecule has 0 radical (unpaired) electrons. The van der Waals surface area contributed by atoms with Crippen molar-refractivity contribution in [2.75, 3.05) is 13.7 Å². The molecule has 170 valence electrons. The number of carbonyl (C=O) groups is 2. The number of rotatable bonds is 8. The molecule has 8 heteroatoms. The van der Waals surface area contributed by atoms with E-state index in [0.29, 0.717) is 28.4 Å². The average Bonchev–Trinajstić information content (AvgIpc) is 2.81. The molecule has 0 unspecified atom stereocenters. The molecule has 33 heavy (non-hydrogen) atoms. The number of hydrazone groups is 1. The SMILES string of the molecule is COc1ccc(C(=O)Oc2ccc(Br)cc2/C=N/NC(=O)COc2cc(C)ccc2C)cc1. The van der Waals surface area contributed by atoms with Gasteiger partial charge in [0.25, 0.3) is 5.91 Å². The van der Waals surface area contributed by atoms with Gasteiger partial charge in [0.2, 0.25) is 0 Å². The number of carbonyl (C=O) groups excluding carboxylic acids is 2. The van der Waals surface area contributed by atoms with Gasteiger partial charge in [-0.25, -0.2) is 10.2 Å². The van der Waals surface area contributed by atoms with Gasteiger partial charge in [-0.1, -0.05) is 28.1 Å². The van der Waals surface area contributed by atoms with E-state index in [1.54, 1.807) is 49.6 Å². The summed E-state index contributed by atoms with van der Waals surface area (Å²) in [5.74, 6) is 0.636. The van der Waals surface area contributed by atoms with Crippen LogP contribution in [0, 0.1) is 13.8 Å². The fourth-order valence-electron chi connectivity index (χ4n) is 2.81. The molecule has 0 bridgehead atoms. The molecule has 0 aliphatic rings. The van der Waals surface area contributed by atoms with E-state index in [2.05, 4.69) is 26.5 Å². The van der Waals surface area contributed by atoms with Gasteiger partial charge in [0.15, 0.2) is 6.61 Å². The molecule has 0 aromatic heterocycles. The maximum absolute atomic E-state index is 12.5. The molecular formula is C25H23BrN2O5. The molecule has 7 nitrogen and oxygen atoms in total. The second-order valence-corrected chi connectivity index (χ2v) is 8.07. The van der Waals surface area contributed by atoms with Crippen LogP contribution >= 0.6 is 15.9 Å². The van der Waals surface area contributed by atoms with Crippen molar-refractivity contribution in [3.8, 4) is 17.2 Å². The number of hydrogen-bond acceptors (Lipinski definition) is 6. The third-order valence-electron chi connectivity index (χ3n) is 4.60. The first kappa shape index (κ1) is 24.0. The van der Waals surface area contributed by atoms with Gasteiger partial charge in [0, 0.05) is 10.0 Å². The molecule has 3 aromatic rings. The van der Waals surface area contributed by atoms with Gasteiger partial charge >= 0.3 is 5.97 Å². The Hall–Kier alpha value is -3.65. The first-order chi connectivity index (χ1) is 15.9. The van der Waals surface area contributed by atoms with Crippen molar-refractivity contribution in [3.05, 3.63) is 87.4 Å². The lowest BCUT2D eigenvalue weighted by Gasteiger charge is -2.09. The summed E-state index contributed by atoms with van der Waals surface area (Å²) < 4.78 is 16.9.